The van der Waals surface area contributed by atoms with Crippen LogP contribution in [0.15, 0.2) is 33.7 Å². The maximum absolute atomic E-state index is 4.57. The summed E-state index contributed by atoms with van der Waals surface area (Å²) in [5.74, 6) is 1.02. The van der Waals surface area contributed by atoms with Gasteiger partial charge in [-0.25, -0.2) is 0 Å². The van der Waals surface area contributed by atoms with E-state index in [1.807, 2.05) is 0 Å². The first-order valence-corrected chi connectivity index (χ1v) is 9.56. The number of likely N-dealkylation sites (tertiary alicyclic amines) is 1. The van der Waals surface area contributed by atoms with Crippen LogP contribution in [0, 0.1) is 0 Å². The molecule has 0 atom stereocenters. The van der Waals surface area contributed by atoms with E-state index in [1.54, 1.807) is 0 Å². The number of benzene rings is 1. The molecule has 1 aliphatic carbocycles. The van der Waals surface area contributed by atoms with Crippen LogP contribution in [0.4, 0.5) is 0 Å². The van der Waals surface area contributed by atoms with Gasteiger partial charge in [-0.1, -0.05) is 28.1 Å². The van der Waals surface area contributed by atoms with E-state index in [0.29, 0.717) is 12.1 Å². The van der Waals surface area contributed by atoms with Gasteiger partial charge in [0.25, 0.3) is 0 Å². The number of hydrogen-bond acceptors (Lipinski definition) is 2. The van der Waals surface area contributed by atoms with E-state index in [1.165, 1.54) is 31.2 Å². The zero-order valence-corrected chi connectivity index (χ0v) is 15.5. The normalized spacial score (nSPS) is 20.5. The van der Waals surface area contributed by atoms with Crippen LogP contribution in [0.3, 0.4) is 0 Å². The van der Waals surface area contributed by atoms with Gasteiger partial charge in [-0.2, -0.15) is 0 Å². The number of guanidine groups is 1. The molecule has 2 N–H and O–H groups in total. The summed E-state index contributed by atoms with van der Waals surface area (Å²) in [5.41, 5.74) is 1.39. The van der Waals surface area contributed by atoms with Crippen molar-refractivity contribution < 1.29 is 0 Å². The van der Waals surface area contributed by atoms with E-state index >= 15 is 0 Å². The van der Waals surface area contributed by atoms with Crippen LogP contribution < -0.4 is 10.6 Å². The highest BCUT2D eigenvalue weighted by Gasteiger charge is 2.25. The van der Waals surface area contributed by atoms with Gasteiger partial charge in [-0.3, -0.25) is 9.89 Å². The van der Waals surface area contributed by atoms with E-state index in [9.17, 15) is 0 Å². The molecule has 3 rings (SSSR count). The molecule has 4 nitrogen and oxygen atoms in total. The van der Waals surface area contributed by atoms with Crippen LogP contribution in [-0.4, -0.2) is 42.6 Å². The quantitative estimate of drug-likeness (QED) is 0.610. The lowest BCUT2D eigenvalue weighted by molar-refractivity contribution is 0.198. The lowest BCUT2D eigenvalue weighted by Gasteiger charge is -2.33. The van der Waals surface area contributed by atoms with Gasteiger partial charge in [-0.05, 0) is 50.3 Å². The fourth-order valence-electron chi connectivity index (χ4n) is 2.99. The first-order chi connectivity index (χ1) is 11.2. The van der Waals surface area contributed by atoms with E-state index < -0.39 is 0 Å². The Kier molecular flexibility index (Phi) is 5.95. The Morgan fingerprint density at radius 2 is 1.70 bits per heavy atom. The van der Waals surface area contributed by atoms with E-state index in [4.69, 9.17) is 0 Å². The molecule has 1 saturated carbocycles. The molecular formula is C18H27BrN4. The first-order valence-electron chi connectivity index (χ1n) is 8.77. The lowest BCUT2D eigenvalue weighted by Crippen LogP contribution is -2.49. The standard InChI is InChI=1S/C18H27BrN4/c1-2-20-18(21-16-7-8-16)22-17-9-11-23(12-10-17)13-14-3-5-15(19)6-4-14/h3-6,16-17H,2,7-13H2,1H3,(H2,20,21,22). The predicted octanol–water partition coefficient (Wildman–Crippen LogP) is 3.13. The largest absolute Gasteiger partial charge is 0.354 e. The third kappa shape index (κ3) is 5.50. The molecule has 0 spiro atoms. The average molecular weight is 379 g/mol. The van der Waals surface area contributed by atoms with Gasteiger partial charge < -0.3 is 10.6 Å². The second-order valence-electron chi connectivity index (χ2n) is 6.56. The molecule has 1 aromatic rings. The van der Waals surface area contributed by atoms with Gasteiger partial charge in [-0.15, -0.1) is 0 Å². The molecule has 1 heterocycles. The Balaban J connectivity index is 1.44. The van der Waals surface area contributed by atoms with Crippen LogP contribution >= 0.6 is 15.9 Å². The number of aliphatic imine (C=N–C) groups is 1. The lowest BCUT2D eigenvalue weighted by atomic mass is 10.0. The minimum Gasteiger partial charge on any atom is -0.354 e. The second kappa shape index (κ2) is 8.15. The summed E-state index contributed by atoms with van der Waals surface area (Å²) in [5, 5.41) is 7.14. The van der Waals surface area contributed by atoms with Crippen LogP contribution in [-0.2, 0) is 6.54 Å². The smallest absolute Gasteiger partial charge is 0.191 e. The highest BCUT2D eigenvalue weighted by atomic mass is 79.9. The molecule has 5 heteroatoms. The fourth-order valence-corrected chi connectivity index (χ4v) is 3.25. The molecule has 0 radical (unpaired) electrons. The molecule has 1 aromatic carbocycles. The molecule has 0 amide bonds. The summed E-state index contributed by atoms with van der Waals surface area (Å²) in [7, 11) is 0. The monoisotopic (exact) mass is 378 g/mol. The van der Waals surface area contributed by atoms with Crippen molar-refractivity contribution in [1.82, 2.24) is 15.5 Å². The minimum absolute atomic E-state index is 0.549. The van der Waals surface area contributed by atoms with Crippen LogP contribution in [0.1, 0.15) is 38.2 Å². The second-order valence-corrected chi connectivity index (χ2v) is 7.48. The minimum atomic E-state index is 0.549. The zero-order chi connectivity index (χ0) is 16.1. The molecular weight excluding hydrogens is 352 g/mol. The van der Waals surface area contributed by atoms with Crippen molar-refractivity contribution in [3.8, 4) is 0 Å². The number of piperidine rings is 1. The van der Waals surface area contributed by atoms with Gasteiger partial charge in [0.05, 0.1) is 0 Å². The van der Waals surface area contributed by atoms with Crippen molar-refractivity contribution in [2.24, 2.45) is 4.99 Å². The van der Waals surface area contributed by atoms with Crippen molar-refractivity contribution in [3.05, 3.63) is 34.3 Å². The topological polar surface area (TPSA) is 39.7 Å². The number of hydrogen-bond donors (Lipinski definition) is 2. The number of halogens is 1. The highest BCUT2D eigenvalue weighted by Crippen LogP contribution is 2.19. The summed E-state index contributed by atoms with van der Waals surface area (Å²) >= 11 is 3.50. The first kappa shape index (κ1) is 16.8. The van der Waals surface area contributed by atoms with Crippen LogP contribution in [0.2, 0.25) is 0 Å². The molecule has 23 heavy (non-hydrogen) atoms. The fraction of sp³-hybridized carbons (Fsp3) is 0.611. The molecule has 2 aliphatic rings. The van der Waals surface area contributed by atoms with Crippen LogP contribution in [0.25, 0.3) is 0 Å². The average Bonchev–Trinajstić information content (AvgIpc) is 3.36. The van der Waals surface area contributed by atoms with Gasteiger partial charge in [0.15, 0.2) is 5.96 Å². The SMILES string of the molecule is CCN=C(NC1CC1)NC1CCN(Cc2ccc(Br)cc2)CC1. The Labute approximate surface area is 147 Å². The van der Waals surface area contributed by atoms with Gasteiger partial charge >= 0.3 is 0 Å². The van der Waals surface area contributed by atoms with E-state index in [2.05, 4.69) is 67.6 Å². The van der Waals surface area contributed by atoms with Gasteiger partial charge in [0, 0.05) is 42.7 Å². The summed E-state index contributed by atoms with van der Waals surface area (Å²) in [6.07, 6.45) is 4.95. The molecule has 2 fully saturated rings. The Morgan fingerprint density at radius 1 is 1.09 bits per heavy atom. The summed E-state index contributed by atoms with van der Waals surface area (Å²) in [6, 6.07) is 9.87. The summed E-state index contributed by atoms with van der Waals surface area (Å²) in [6.45, 7) is 6.28. The highest BCUT2D eigenvalue weighted by molar-refractivity contribution is 9.10. The van der Waals surface area contributed by atoms with Gasteiger partial charge in [0.2, 0.25) is 0 Å². The number of nitrogens with zero attached hydrogens (tertiary/aromatic N) is 2. The molecule has 126 valence electrons. The molecule has 1 saturated heterocycles. The van der Waals surface area contributed by atoms with Crippen LogP contribution in [0.5, 0.6) is 0 Å². The predicted molar refractivity (Wildman–Crippen MR) is 99.7 cm³/mol. The van der Waals surface area contributed by atoms with Crippen molar-refractivity contribution in [3.63, 3.8) is 0 Å². The van der Waals surface area contributed by atoms with Crippen molar-refractivity contribution in [2.75, 3.05) is 19.6 Å². The Morgan fingerprint density at radius 3 is 2.26 bits per heavy atom. The third-order valence-corrected chi connectivity index (χ3v) is 5.01. The number of rotatable bonds is 5. The molecule has 1 aliphatic heterocycles. The Hall–Kier alpha value is -1.07. The van der Waals surface area contributed by atoms with E-state index in [-0.39, 0.29) is 0 Å². The summed E-state index contributed by atoms with van der Waals surface area (Å²) < 4.78 is 1.15. The van der Waals surface area contributed by atoms with Gasteiger partial charge in [0.1, 0.15) is 0 Å². The summed E-state index contributed by atoms with van der Waals surface area (Å²) in [4.78, 5) is 7.12. The van der Waals surface area contributed by atoms with Crippen molar-refractivity contribution in [2.45, 2.75) is 51.2 Å². The molecule has 0 aromatic heterocycles. The van der Waals surface area contributed by atoms with Crippen molar-refractivity contribution >= 4 is 21.9 Å². The third-order valence-electron chi connectivity index (χ3n) is 4.48. The Bertz CT molecular complexity index is 516. The zero-order valence-electron chi connectivity index (χ0n) is 13.9. The molecule has 0 bridgehead atoms. The molecule has 0 unspecified atom stereocenters. The van der Waals surface area contributed by atoms with Crippen molar-refractivity contribution in [1.29, 1.82) is 0 Å². The number of nitrogens with one attached hydrogen (secondary N) is 2. The maximum Gasteiger partial charge on any atom is 0.191 e. The van der Waals surface area contributed by atoms with E-state index in [0.717, 1.165) is 36.6 Å². The maximum atomic E-state index is 4.57.